The second-order valence-corrected chi connectivity index (χ2v) is 5.47. The number of aromatic carboxylic acids is 1. The van der Waals surface area contributed by atoms with Gasteiger partial charge in [0.2, 0.25) is 5.91 Å². The number of aryl methyl sites for hydroxylation is 1. The van der Waals surface area contributed by atoms with Gasteiger partial charge in [-0.3, -0.25) is 4.79 Å². The quantitative estimate of drug-likeness (QED) is 0.887. The van der Waals surface area contributed by atoms with E-state index in [4.69, 9.17) is 5.11 Å². The smallest absolute Gasteiger partial charge is 0.335 e. The molecule has 0 saturated heterocycles. The number of carboxylic acids is 1. The lowest BCUT2D eigenvalue weighted by Gasteiger charge is -2.13. The van der Waals surface area contributed by atoms with Crippen LogP contribution in [0.15, 0.2) is 48.5 Å². The Kier molecular flexibility index (Phi) is 4.94. The maximum atomic E-state index is 12.2. The molecule has 0 aliphatic carbocycles. The fourth-order valence-corrected chi connectivity index (χ4v) is 2.28. The van der Waals surface area contributed by atoms with Gasteiger partial charge in [-0.1, -0.05) is 42.8 Å². The number of rotatable bonds is 5. The number of carbonyl (C=O) groups excluding carboxylic acids is 1. The van der Waals surface area contributed by atoms with Gasteiger partial charge in [0.15, 0.2) is 0 Å². The Morgan fingerprint density at radius 3 is 2.55 bits per heavy atom. The van der Waals surface area contributed by atoms with Gasteiger partial charge in [0.05, 0.1) is 5.56 Å². The predicted molar refractivity (Wildman–Crippen MR) is 86.1 cm³/mol. The molecular weight excluding hydrogens is 278 g/mol. The monoisotopic (exact) mass is 297 g/mol. The summed E-state index contributed by atoms with van der Waals surface area (Å²) in [6.07, 6.45) is 0.645. The Bertz CT molecular complexity index is 694. The average Bonchev–Trinajstić information content (AvgIpc) is 2.47. The zero-order chi connectivity index (χ0) is 16.1. The van der Waals surface area contributed by atoms with E-state index >= 15 is 0 Å². The molecule has 2 aromatic rings. The van der Waals surface area contributed by atoms with Crippen LogP contribution in [0.2, 0.25) is 0 Å². The summed E-state index contributed by atoms with van der Waals surface area (Å²) in [6, 6.07) is 14.3. The highest BCUT2D eigenvalue weighted by molar-refractivity contribution is 5.94. The van der Waals surface area contributed by atoms with Gasteiger partial charge in [0.25, 0.3) is 0 Å². The molecule has 0 radical (unpaired) electrons. The van der Waals surface area contributed by atoms with Crippen molar-refractivity contribution in [2.45, 2.75) is 20.3 Å². The lowest BCUT2D eigenvalue weighted by Crippen LogP contribution is -2.22. The summed E-state index contributed by atoms with van der Waals surface area (Å²) < 4.78 is 0. The van der Waals surface area contributed by atoms with Crippen molar-refractivity contribution in [1.29, 1.82) is 0 Å². The minimum absolute atomic E-state index is 0.121. The van der Waals surface area contributed by atoms with E-state index in [9.17, 15) is 9.59 Å². The van der Waals surface area contributed by atoms with Gasteiger partial charge in [-0.2, -0.15) is 0 Å². The number of nitrogens with one attached hydrogen (secondary N) is 1. The molecule has 1 amide bonds. The highest BCUT2D eigenvalue weighted by Crippen LogP contribution is 2.15. The SMILES string of the molecule is Cc1cccc(CC(C)C(=O)Nc2cccc(C(=O)O)c2)c1. The van der Waals surface area contributed by atoms with E-state index in [1.54, 1.807) is 12.1 Å². The van der Waals surface area contributed by atoms with Gasteiger partial charge < -0.3 is 10.4 Å². The molecule has 2 rings (SSSR count). The highest BCUT2D eigenvalue weighted by Gasteiger charge is 2.14. The zero-order valence-electron chi connectivity index (χ0n) is 12.7. The minimum Gasteiger partial charge on any atom is -0.478 e. The van der Waals surface area contributed by atoms with Crippen molar-refractivity contribution < 1.29 is 14.7 Å². The summed E-state index contributed by atoms with van der Waals surface area (Å²) >= 11 is 0. The van der Waals surface area contributed by atoms with Crippen molar-refractivity contribution >= 4 is 17.6 Å². The fraction of sp³-hybridized carbons (Fsp3) is 0.222. The first kappa shape index (κ1) is 15.8. The molecule has 0 heterocycles. The molecule has 0 spiro atoms. The van der Waals surface area contributed by atoms with Gasteiger partial charge in [-0.25, -0.2) is 4.79 Å². The van der Waals surface area contributed by atoms with Crippen LogP contribution < -0.4 is 5.32 Å². The highest BCUT2D eigenvalue weighted by atomic mass is 16.4. The lowest BCUT2D eigenvalue weighted by atomic mass is 9.99. The molecular formula is C18H19NO3. The van der Waals surface area contributed by atoms with Gasteiger partial charge in [0.1, 0.15) is 0 Å². The molecule has 1 unspecified atom stereocenters. The maximum Gasteiger partial charge on any atom is 0.335 e. The first-order chi connectivity index (χ1) is 10.5. The number of carbonyl (C=O) groups is 2. The number of benzene rings is 2. The summed E-state index contributed by atoms with van der Waals surface area (Å²) in [5.74, 6) is -1.33. The van der Waals surface area contributed by atoms with Gasteiger partial charge in [-0.05, 0) is 37.1 Å². The van der Waals surface area contributed by atoms with Crippen LogP contribution >= 0.6 is 0 Å². The zero-order valence-corrected chi connectivity index (χ0v) is 12.7. The summed E-state index contributed by atoms with van der Waals surface area (Å²) in [5.41, 5.74) is 2.94. The van der Waals surface area contributed by atoms with Crippen LogP contribution in [0.1, 0.15) is 28.4 Å². The second kappa shape index (κ2) is 6.89. The van der Waals surface area contributed by atoms with Crippen LogP contribution in [-0.2, 0) is 11.2 Å². The van der Waals surface area contributed by atoms with E-state index in [1.807, 2.05) is 32.0 Å². The molecule has 0 aromatic heterocycles. The Balaban J connectivity index is 2.02. The van der Waals surface area contributed by atoms with Crippen molar-refractivity contribution in [3.05, 3.63) is 65.2 Å². The molecule has 4 nitrogen and oxygen atoms in total. The third kappa shape index (κ3) is 4.19. The first-order valence-corrected chi connectivity index (χ1v) is 7.15. The summed E-state index contributed by atoms with van der Waals surface area (Å²) in [7, 11) is 0. The third-order valence-electron chi connectivity index (χ3n) is 3.45. The Hall–Kier alpha value is -2.62. The minimum atomic E-state index is -1.01. The van der Waals surface area contributed by atoms with Crippen molar-refractivity contribution in [2.75, 3.05) is 5.32 Å². The molecule has 0 bridgehead atoms. The molecule has 22 heavy (non-hydrogen) atoms. The van der Waals surface area contributed by atoms with E-state index in [0.29, 0.717) is 12.1 Å². The van der Waals surface area contributed by atoms with E-state index in [-0.39, 0.29) is 17.4 Å². The van der Waals surface area contributed by atoms with Crippen LogP contribution in [0.4, 0.5) is 5.69 Å². The second-order valence-electron chi connectivity index (χ2n) is 5.47. The normalized spacial score (nSPS) is 11.7. The van der Waals surface area contributed by atoms with E-state index in [2.05, 4.69) is 11.4 Å². The van der Waals surface area contributed by atoms with Crippen LogP contribution in [-0.4, -0.2) is 17.0 Å². The number of hydrogen-bond donors (Lipinski definition) is 2. The Morgan fingerprint density at radius 1 is 1.14 bits per heavy atom. The van der Waals surface area contributed by atoms with Crippen LogP contribution in [0.5, 0.6) is 0 Å². The maximum absolute atomic E-state index is 12.2. The Morgan fingerprint density at radius 2 is 1.86 bits per heavy atom. The number of hydrogen-bond acceptors (Lipinski definition) is 2. The molecule has 114 valence electrons. The largest absolute Gasteiger partial charge is 0.478 e. The first-order valence-electron chi connectivity index (χ1n) is 7.15. The molecule has 0 aliphatic heterocycles. The molecule has 0 aliphatic rings. The summed E-state index contributed by atoms with van der Waals surface area (Å²) in [6.45, 7) is 3.88. The van der Waals surface area contributed by atoms with E-state index < -0.39 is 5.97 Å². The van der Waals surface area contributed by atoms with Crippen LogP contribution in [0, 0.1) is 12.8 Å². The van der Waals surface area contributed by atoms with Gasteiger partial charge in [0, 0.05) is 11.6 Å². The fourth-order valence-electron chi connectivity index (χ4n) is 2.28. The van der Waals surface area contributed by atoms with Crippen molar-refractivity contribution in [2.24, 2.45) is 5.92 Å². The number of amides is 1. The van der Waals surface area contributed by atoms with Crippen molar-refractivity contribution in [3.63, 3.8) is 0 Å². The number of anilines is 1. The van der Waals surface area contributed by atoms with E-state index in [1.165, 1.54) is 17.7 Å². The molecule has 2 N–H and O–H groups in total. The Labute approximate surface area is 129 Å². The van der Waals surface area contributed by atoms with Gasteiger partial charge >= 0.3 is 5.97 Å². The van der Waals surface area contributed by atoms with Crippen LogP contribution in [0.25, 0.3) is 0 Å². The molecule has 4 heteroatoms. The molecule has 0 fully saturated rings. The average molecular weight is 297 g/mol. The van der Waals surface area contributed by atoms with Crippen molar-refractivity contribution in [1.82, 2.24) is 0 Å². The molecule has 0 saturated carbocycles. The van der Waals surface area contributed by atoms with Gasteiger partial charge in [-0.15, -0.1) is 0 Å². The number of carboxylic acid groups (broad SMARTS) is 1. The summed E-state index contributed by atoms with van der Waals surface area (Å²) in [5, 5.41) is 11.7. The lowest BCUT2D eigenvalue weighted by molar-refractivity contribution is -0.119. The topological polar surface area (TPSA) is 66.4 Å². The third-order valence-corrected chi connectivity index (χ3v) is 3.45. The summed E-state index contributed by atoms with van der Waals surface area (Å²) in [4.78, 5) is 23.2. The standard InChI is InChI=1S/C18H19NO3/c1-12-5-3-6-14(9-12)10-13(2)17(20)19-16-8-4-7-15(11-16)18(21)22/h3-9,11,13H,10H2,1-2H3,(H,19,20)(H,21,22). The molecule has 1 atom stereocenters. The van der Waals surface area contributed by atoms with Crippen LogP contribution in [0.3, 0.4) is 0 Å². The van der Waals surface area contributed by atoms with Crippen molar-refractivity contribution in [3.8, 4) is 0 Å². The van der Waals surface area contributed by atoms with E-state index in [0.717, 1.165) is 5.56 Å². The molecule has 2 aromatic carbocycles. The predicted octanol–water partition coefficient (Wildman–Crippen LogP) is 3.51.